The Labute approximate surface area is 102 Å². The topological polar surface area (TPSA) is 98.4 Å². The second-order valence-corrected chi connectivity index (χ2v) is 3.60. The highest BCUT2D eigenvalue weighted by Gasteiger charge is 2.29. The maximum absolute atomic E-state index is 11.7. The molecule has 1 aromatic carbocycles. The van der Waals surface area contributed by atoms with Crippen LogP contribution in [-0.2, 0) is 9.59 Å². The van der Waals surface area contributed by atoms with Crippen LogP contribution in [0.1, 0.15) is 11.1 Å². The smallest absolute Gasteiger partial charge is 0.237 e. The number of rotatable bonds is 1. The van der Waals surface area contributed by atoms with Gasteiger partial charge in [0.15, 0.2) is 0 Å². The van der Waals surface area contributed by atoms with Gasteiger partial charge in [-0.1, -0.05) is 6.07 Å². The molecule has 5 heteroatoms. The van der Waals surface area contributed by atoms with Crippen LogP contribution in [0.25, 0.3) is 5.57 Å². The van der Waals surface area contributed by atoms with Gasteiger partial charge < -0.3 is 10.2 Å². The number of nitriles is 1. The van der Waals surface area contributed by atoms with Gasteiger partial charge in [0.05, 0.1) is 17.2 Å². The van der Waals surface area contributed by atoms with Crippen molar-refractivity contribution in [3.05, 3.63) is 47.2 Å². The van der Waals surface area contributed by atoms with E-state index in [0.29, 0.717) is 0 Å². The van der Waals surface area contributed by atoms with E-state index >= 15 is 0 Å². The van der Waals surface area contributed by atoms with Crippen LogP contribution < -0.4 is 0 Å². The minimum atomic E-state index is -0.951. The van der Waals surface area contributed by atoms with Gasteiger partial charge in [-0.15, -0.1) is 0 Å². The monoisotopic (exact) mass is 241 g/mol. The summed E-state index contributed by atoms with van der Waals surface area (Å²) in [5.74, 6) is -2.55. The molecule has 0 radical (unpaired) electrons. The summed E-state index contributed by atoms with van der Waals surface area (Å²) in [6.07, 6.45) is 2.00. The molecule has 0 saturated heterocycles. The first kappa shape index (κ1) is 11.6. The van der Waals surface area contributed by atoms with Gasteiger partial charge in [-0.2, -0.15) is 5.26 Å². The van der Waals surface area contributed by atoms with Crippen LogP contribution >= 0.6 is 0 Å². The van der Waals surface area contributed by atoms with Crippen molar-refractivity contribution in [2.24, 2.45) is 0 Å². The molecule has 1 aliphatic rings. The molecule has 0 spiro atoms. The molecule has 1 aliphatic carbocycles. The summed E-state index contributed by atoms with van der Waals surface area (Å²) < 4.78 is 0. The van der Waals surface area contributed by atoms with Gasteiger partial charge >= 0.3 is 0 Å². The van der Waals surface area contributed by atoms with Gasteiger partial charge in [0, 0.05) is 5.56 Å². The van der Waals surface area contributed by atoms with Gasteiger partial charge in [0.2, 0.25) is 11.6 Å². The van der Waals surface area contributed by atoms with E-state index < -0.39 is 17.3 Å². The van der Waals surface area contributed by atoms with Crippen molar-refractivity contribution >= 4 is 17.1 Å². The molecule has 0 heterocycles. The molecule has 18 heavy (non-hydrogen) atoms. The lowest BCUT2D eigenvalue weighted by Crippen LogP contribution is -2.18. The average molecular weight is 241 g/mol. The number of allylic oxidation sites excluding steroid dienone is 3. The summed E-state index contributed by atoms with van der Waals surface area (Å²) >= 11 is 0. The second kappa shape index (κ2) is 4.18. The maximum atomic E-state index is 11.7. The van der Waals surface area contributed by atoms with Crippen molar-refractivity contribution in [1.29, 1.82) is 5.26 Å². The number of ketones is 2. The molecule has 5 nitrogen and oxygen atoms in total. The number of aromatic hydroxyl groups is 1. The Hall–Kier alpha value is -2.87. The lowest BCUT2D eigenvalue weighted by molar-refractivity contribution is -0.130. The molecule has 0 fully saturated rings. The van der Waals surface area contributed by atoms with Gasteiger partial charge in [0.25, 0.3) is 0 Å². The average Bonchev–Trinajstić information content (AvgIpc) is 2.36. The van der Waals surface area contributed by atoms with Gasteiger partial charge in [0.1, 0.15) is 11.5 Å². The second-order valence-electron chi connectivity index (χ2n) is 3.60. The summed E-state index contributed by atoms with van der Waals surface area (Å²) in [7, 11) is 0. The minimum Gasteiger partial charge on any atom is -0.507 e. The van der Waals surface area contributed by atoms with E-state index in [2.05, 4.69) is 0 Å². The highest BCUT2D eigenvalue weighted by molar-refractivity contribution is 6.58. The molecule has 0 bridgehead atoms. The first-order valence-electron chi connectivity index (χ1n) is 4.98. The van der Waals surface area contributed by atoms with Crippen LogP contribution in [0.15, 0.2) is 36.1 Å². The predicted octanol–water partition coefficient (Wildman–Crippen LogP) is 1.24. The van der Waals surface area contributed by atoms with E-state index in [1.807, 2.05) is 0 Å². The number of Topliss-reactive ketones (excluding diaryl/α,β-unsaturated/α-hetero) is 1. The number of aliphatic hydroxyl groups excluding tert-OH is 1. The number of carbonyl (C=O) groups excluding carboxylic acids is 2. The fourth-order valence-electron chi connectivity index (χ4n) is 1.69. The zero-order valence-corrected chi connectivity index (χ0v) is 9.04. The summed E-state index contributed by atoms with van der Waals surface area (Å²) in [6, 6.07) is 5.88. The summed E-state index contributed by atoms with van der Waals surface area (Å²) in [5.41, 5.74) is -0.467. The fourth-order valence-corrected chi connectivity index (χ4v) is 1.69. The number of hydrogen-bond acceptors (Lipinski definition) is 5. The van der Waals surface area contributed by atoms with E-state index in [4.69, 9.17) is 5.26 Å². The van der Waals surface area contributed by atoms with Crippen molar-refractivity contribution in [1.82, 2.24) is 0 Å². The van der Waals surface area contributed by atoms with Crippen LogP contribution in [-0.4, -0.2) is 21.8 Å². The number of phenolic OH excluding ortho intramolecular Hbond substituents is 1. The van der Waals surface area contributed by atoms with Crippen LogP contribution in [0.4, 0.5) is 0 Å². The Kier molecular flexibility index (Phi) is 2.70. The third kappa shape index (κ3) is 1.66. The van der Waals surface area contributed by atoms with E-state index in [1.54, 1.807) is 6.07 Å². The largest absolute Gasteiger partial charge is 0.507 e. The SMILES string of the molecule is N#Cc1cccc(O)c1C1=C(O)C=CC(=O)C1=O. The first-order valence-corrected chi connectivity index (χ1v) is 4.98. The molecule has 0 atom stereocenters. The molecule has 2 N–H and O–H groups in total. The standard InChI is InChI=1S/C13H7NO4/c14-6-7-2-1-3-8(15)11(7)12-9(16)4-5-10(17)13(12)18/h1-5,15-16H. The highest BCUT2D eigenvalue weighted by Crippen LogP contribution is 2.32. The first-order chi connectivity index (χ1) is 8.56. The Morgan fingerprint density at radius 2 is 1.83 bits per heavy atom. The number of nitrogens with zero attached hydrogens (tertiary/aromatic N) is 1. The Bertz CT molecular complexity index is 662. The summed E-state index contributed by atoms with van der Waals surface area (Å²) in [4.78, 5) is 23.0. The van der Waals surface area contributed by atoms with E-state index in [0.717, 1.165) is 12.2 Å². The third-order valence-electron chi connectivity index (χ3n) is 2.51. The number of hydrogen-bond donors (Lipinski definition) is 2. The molecule has 0 amide bonds. The van der Waals surface area contributed by atoms with Gasteiger partial charge in [-0.05, 0) is 24.3 Å². The summed E-state index contributed by atoms with van der Waals surface area (Å²) in [6.45, 7) is 0. The molecule has 88 valence electrons. The van der Waals surface area contributed by atoms with E-state index in [1.165, 1.54) is 18.2 Å². The lowest BCUT2D eigenvalue weighted by atomic mass is 9.90. The number of carbonyl (C=O) groups is 2. The predicted molar refractivity (Wildman–Crippen MR) is 61.5 cm³/mol. The molecular weight excluding hydrogens is 234 g/mol. The van der Waals surface area contributed by atoms with Crippen molar-refractivity contribution in [2.45, 2.75) is 0 Å². The van der Waals surface area contributed by atoms with Crippen molar-refractivity contribution in [3.63, 3.8) is 0 Å². The molecular formula is C13H7NO4. The summed E-state index contributed by atoms with van der Waals surface area (Å²) in [5, 5.41) is 28.3. The Morgan fingerprint density at radius 1 is 1.11 bits per heavy atom. The minimum absolute atomic E-state index is 0.00741. The van der Waals surface area contributed by atoms with Crippen LogP contribution in [0.5, 0.6) is 5.75 Å². The molecule has 0 unspecified atom stereocenters. The molecule has 0 saturated carbocycles. The fraction of sp³-hybridized carbons (Fsp3) is 0. The van der Waals surface area contributed by atoms with E-state index in [-0.39, 0.29) is 22.4 Å². The molecule has 0 aromatic heterocycles. The van der Waals surface area contributed by atoms with Crippen molar-refractivity contribution < 1.29 is 19.8 Å². The molecule has 2 rings (SSSR count). The van der Waals surface area contributed by atoms with Crippen LogP contribution in [0, 0.1) is 11.3 Å². The molecule has 0 aliphatic heterocycles. The zero-order chi connectivity index (χ0) is 13.3. The van der Waals surface area contributed by atoms with E-state index in [9.17, 15) is 19.8 Å². The van der Waals surface area contributed by atoms with Gasteiger partial charge in [-0.3, -0.25) is 9.59 Å². The highest BCUT2D eigenvalue weighted by atomic mass is 16.3. The van der Waals surface area contributed by atoms with Gasteiger partial charge in [-0.25, -0.2) is 0 Å². The maximum Gasteiger partial charge on any atom is 0.237 e. The zero-order valence-electron chi connectivity index (χ0n) is 9.04. The number of aliphatic hydroxyl groups is 1. The molecule has 1 aromatic rings. The quantitative estimate of drug-likeness (QED) is 0.569. The lowest BCUT2D eigenvalue weighted by Gasteiger charge is -2.12. The number of phenols is 1. The third-order valence-corrected chi connectivity index (χ3v) is 2.51. The normalized spacial score (nSPS) is 14.8. The van der Waals surface area contributed by atoms with Crippen molar-refractivity contribution in [2.75, 3.05) is 0 Å². The Balaban J connectivity index is 2.77. The Morgan fingerprint density at radius 3 is 2.50 bits per heavy atom. The van der Waals surface area contributed by atoms with Crippen LogP contribution in [0.2, 0.25) is 0 Å². The van der Waals surface area contributed by atoms with Crippen LogP contribution in [0.3, 0.4) is 0 Å². The number of benzene rings is 1. The van der Waals surface area contributed by atoms with Crippen molar-refractivity contribution in [3.8, 4) is 11.8 Å².